The minimum atomic E-state index is -2.41. The predicted molar refractivity (Wildman–Crippen MR) is 41.7 cm³/mol. The Morgan fingerprint density at radius 2 is 1.73 bits per heavy atom. The number of hydrogen-bond acceptors (Lipinski definition) is 0. The third-order valence-electron chi connectivity index (χ3n) is 3.47. The summed E-state index contributed by atoms with van der Waals surface area (Å²) in [6, 6.07) is 0. The van der Waals surface area contributed by atoms with E-state index in [0.29, 0.717) is 6.42 Å². The first-order chi connectivity index (χ1) is 4.91. The molecule has 0 saturated heterocycles. The lowest BCUT2D eigenvalue weighted by Gasteiger charge is -2.18. The van der Waals surface area contributed by atoms with Gasteiger partial charge in [0.05, 0.1) is 0 Å². The molecule has 0 aromatic carbocycles. The topological polar surface area (TPSA) is 0 Å². The first kappa shape index (κ1) is 8.95. The molecule has 2 unspecified atom stereocenters. The van der Waals surface area contributed by atoms with Crippen molar-refractivity contribution in [1.82, 2.24) is 0 Å². The number of rotatable bonds is 2. The van der Waals surface area contributed by atoms with Gasteiger partial charge in [-0.3, -0.25) is 0 Å². The molecule has 0 aliphatic heterocycles. The number of alkyl halides is 2. The summed E-state index contributed by atoms with van der Waals surface area (Å²) in [4.78, 5) is 0. The molecule has 0 aromatic heterocycles. The van der Waals surface area contributed by atoms with E-state index in [1.54, 1.807) is 6.92 Å². The third-order valence-corrected chi connectivity index (χ3v) is 3.47. The van der Waals surface area contributed by atoms with Gasteiger partial charge < -0.3 is 0 Å². The summed E-state index contributed by atoms with van der Waals surface area (Å²) in [6.07, 6.45) is 0.596. The molecular weight excluding hydrogens is 146 g/mol. The Labute approximate surface area is 67.0 Å². The summed E-state index contributed by atoms with van der Waals surface area (Å²) in [5.41, 5.74) is -0.688. The van der Waals surface area contributed by atoms with Crippen LogP contribution in [-0.4, -0.2) is 5.92 Å². The van der Waals surface area contributed by atoms with Crippen LogP contribution in [0.15, 0.2) is 0 Å². The van der Waals surface area contributed by atoms with Crippen LogP contribution in [0.1, 0.15) is 34.1 Å². The monoisotopic (exact) mass is 162 g/mol. The number of halogens is 2. The van der Waals surface area contributed by atoms with Gasteiger partial charge in [0, 0.05) is 11.3 Å². The fourth-order valence-electron chi connectivity index (χ4n) is 2.50. The second-order valence-corrected chi connectivity index (χ2v) is 3.89. The first-order valence-corrected chi connectivity index (χ1v) is 4.29. The van der Waals surface area contributed by atoms with E-state index >= 15 is 0 Å². The van der Waals surface area contributed by atoms with Crippen LogP contribution < -0.4 is 0 Å². The van der Waals surface area contributed by atoms with E-state index < -0.39 is 17.3 Å². The van der Waals surface area contributed by atoms with Gasteiger partial charge in [0.1, 0.15) is 0 Å². The van der Waals surface area contributed by atoms with Crippen molar-refractivity contribution in [3.05, 3.63) is 0 Å². The van der Waals surface area contributed by atoms with E-state index in [2.05, 4.69) is 0 Å². The maximum absolute atomic E-state index is 13.1. The molecule has 0 radical (unpaired) electrons. The Morgan fingerprint density at radius 3 is 1.73 bits per heavy atom. The molecule has 1 fully saturated rings. The van der Waals surface area contributed by atoms with Gasteiger partial charge >= 0.3 is 0 Å². The molecule has 1 rings (SSSR count). The van der Waals surface area contributed by atoms with Crippen molar-refractivity contribution < 1.29 is 8.78 Å². The van der Waals surface area contributed by atoms with E-state index in [0.717, 1.165) is 0 Å². The van der Waals surface area contributed by atoms with Crippen LogP contribution in [-0.2, 0) is 0 Å². The Bertz CT molecular complexity index is 163. The Balaban J connectivity index is 2.84. The highest BCUT2D eigenvalue weighted by molar-refractivity contribution is 5.16. The smallest absolute Gasteiger partial charge is 0.206 e. The summed E-state index contributed by atoms with van der Waals surface area (Å²) in [5, 5.41) is 0. The summed E-state index contributed by atoms with van der Waals surface area (Å²) in [6.45, 7) is 7.29. The van der Waals surface area contributed by atoms with Gasteiger partial charge in [-0.2, -0.15) is 0 Å². The fourth-order valence-corrected chi connectivity index (χ4v) is 2.50. The lowest BCUT2D eigenvalue weighted by molar-refractivity contribution is 0.0400. The van der Waals surface area contributed by atoms with Gasteiger partial charge in [-0.25, -0.2) is 8.78 Å². The maximum Gasteiger partial charge on any atom is 0.257 e. The molecule has 0 spiro atoms. The molecule has 0 nitrogen and oxygen atoms in total. The van der Waals surface area contributed by atoms with Gasteiger partial charge in [0.2, 0.25) is 0 Å². The molecule has 1 aliphatic rings. The van der Waals surface area contributed by atoms with E-state index in [9.17, 15) is 8.78 Å². The van der Waals surface area contributed by atoms with Crippen molar-refractivity contribution >= 4 is 0 Å². The highest BCUT2D eigenvalue weighted by Crippen LogP contribution is 2.71. The van der Waals surface area contributed by atoms with Crippen LogP contribution in [0.5, 0.6) is 0 Å². The van der Waals surface area contributed by atoms with Crippen molar-refractivity contribution in [3.63, 3.8) is 0 Å². The zero-order valence-corrected chi connectivity index (χ0v) is 7.62. The second-order valence-electron chi connectivity index (χ2n) is 3.89. The fraction of sp³-hybridized carbons (Fsp3) is 1.00. The minimum Gasteiger partial charge on any atom is -0.206 e. The highest BCUT2D eigenvalue weighted by atomic mass is 19.3. The molecule has 0 N–H and O–H groups in total. The summed E-state index contributed by atoms with van der Waals surface area (Å²) >= 11 is 0. The second kappa shape index (κ2) is 2.18. The normalized spacial score (nSPS) is 41.2. The van der Waals surface area contributed by atoms with Gasteiger partial charge in [-0.15, -0.1) is 0 Å². The molecule has 1 aliphatic carbocycles. The van der Waals surface area contributed by atoms with E-state index in [1.165, 1.54) is 0 Å². The van der Waals surface area contributed by atoms with Gasteiger partial charge in [0.15, 0.2) is 0 Å². The molecule has 1 saturated carbocycles. The van der Waals surface area contributed by atoms with Crippen molar-refractivity contribution in [1.29, 1.82) is 0 Å². The van der Waals surface area contributed by atoms with Crippen molar-refractivity contribution in [3.8, 4) is 0 Å². The van der Waals surface area contributed by atoms with Crippen LogP contribution in [0.4, 0.5) is 8.78 Å². The highest BCUT2D eigenvalue weighted by Gasteiger charge is 2.77. The maximum atomic E-state index is 13.1. The quantitative estimate of drug-likeness (QED) is 0.584. The molecule has 11 heavy (non-hydrogen) atoms. The lowest BCUT2D eigenvalue weighted by Crippen LogP contribution is -2.17. The molecule has 0 aromatic rings. The molecule has 0 bridgehead atoms. The SMILES string of the molecule is CCC1(C(C)C)C(C)C1(F)F. The van der Waals surface area contributed by atoms with Crippen LogP contribution in [0, 0.1) is 17.3 Å². The van der Waals surface area contributed by atoms with Gasteiger partial charge in [0.25, 0.3) is 5.92 Å². The average Bonchev–Trinajstić information content (AvgIpc) is 2.30. The average molecular weight is 162 g/mol. The van der Waals surface area contributed by atoms with Crippen molar-refractivity contribution in [2.75, 3.05) is 0 Å². The van der Waals surface area contributed by atoms with Crippen LogP contribution >= 0.6 is 0 Å². The standard InChI is InChI=1S/C9H16F2/c1-5-8(6(2)3)7(4)9(8,10)11/h6-7H,5H2,1-4H3. The molecule has 0 heterocycles. The predicted octanol–water partition coefficient (Wildman–Crippen LogP) is 3.32. The molecule has 0 amide bonds. The molecule has 2 atom stereocenters. The largest absolute Gasteiger partial charge is 0.257 e. The first-order valence-electron chi connectivity index (χ1n) is 4.29. The van der Waals surface area contributed by atoms with Crippen molar-refractivity contribution in [2.24, 2.45) is 17.3 Å². The molecule has 66 valence electrons. The van der Waals surface area contributed by atoms with E-state index in [4.69, 9.17) is 0 Å². The Kier molecular flexibility index (Phi) is 1.77. The van der Waals surface area contributed by atoms with E-state index in [-0.39, 0.29) is 5.92 Å². The van der Waals surface area contributed by atoms with Crippen LogP contribution in [0.3, 0.4) is 0 Å². The van der Waals surface area contributed by atoms with Crippen molar-refractivity contribution in [2.45, 2.75) is 40.0 Å². The number of hydrogen-bond donors (Lipinski definition) is 0. The zero-order valence-electron chi connectivity index (χ0n) is 7.62. The summed E-state index contributed by atoms with van der Waals surface area (Å²) < 4.78 is 26.2. The molecule has 2 heteroatoms. The molecular formula is C9H16F2. The Hall–Kier alpha value is -0.140. The zero-order chi connectivity index (χ0) is 8.86. The van der Waals surface area contributed by atoms with Gasteiger partial charge in [-0.1, -0.05) is 27.7 Å². The Morgan fingerprint density at radius 1 is 1.36 bits per heavy atom. The summed E-state index contributed by atoms with van der Waals surface area (Å²) in [7, 11) is 0. The third kappa shape index (κ3) is 0.785. The van der Waals surface area contributed by atoms with Crippen LogP contribution in [0.2, 0.25) is 0 Å². The van der Waals surface area contributed by atoms with Crippen LogP contribution in [0.25, 0.3) is 0 Å². The van der Waals surface area contributed by atoms with E-state index in [1.807, 2.05) is 20.8 Å². The lowest BCUT2D eigenvalue weighted by atomic mass is 9.87. The summed E-state index contributed by atoms with van der Waals surface area (Å²) in [5.74, 6) is -2.73. The van der Waals surface area contributed by atoms with Gasteiger partial charge in [-0.05, 0) is 12.3 Å². The minimum absolute atomic E-state index is 0.0949.